The lowest BCUT2D eigenvalue weighted by Crippen LogP contribution is -2.29. The van der Waals surface area contributed by atoms with E-state index in [9.17, 15) is 4.39 Å². The van der Waals surface area contributed by atoms with E-state index < -0.39 is 0 Å². The number of piperidine rings is 1. The number of thioether (sulfide) groups is 1. The van der Waals surface area contributed by atoms with Crippen molar-refractivity contribution >= 4 is 11.8 Å². The van der Waals surface area contributed by atoms with Gasteiger partial charge >= 0.3 is 0 Å². The summed E-state index contributed by atoms with van der Waals surface area (Å²) in [6.45, 7) is 2.62. The van der Waals surface area contributed by atoms with E-state index in [-0.39, 0.29) is 5.82 Å². The summed E-state index contributed by atoms with van der Waals surface area (Å²) in [6.07, 6.45) is 2.45. The Morgan fingerprint density at radius 3 is 2.59 bits per heavy atom. The molecule has 0 atom stereocenters. The Hall–Kier alpha value is -1.52. The van der Waals surface area contributed by atoms with E-state index in [1.165, 1.54) is 29.9 Å². The number of hydrogen-bond acceptors (Lipinski definition) is 3. The highest BCUT2D eigenvalue weighted by atomic mass is 32.2. The highest BCUT2D eigenvalue weighted by Gasteiger charge is 2.13. The topological polar surface area (TPSA) is 21.3 Å². The van der Waals surface area contributed by atoms with Crippen LogP contribution in [0.1, 0.15) is 18.4 Å². The summed E-state index contributed by atoms with van der Waals surface area (Å²) >= 11 is 1.94. The molecule has 22 heavy (non-hydrogen) atoms. The van der Waals surface area contributed by atoms with Crippen LogP contribution in [0.5, 0.6) is 5.75 Å². The first-order valence-corrected chi connectivity index (χ1v) is 8.52. The molecule has 1 N–H and O–H groups in total. The number of halogens is 1. The van der Waals surface area contributed by atoms with Gasteiger partial charge < -0.3 is 10.1 Å². The van der Waals surface area contributed by atoms with Crippen LogP contribution in [-0.4, -0.2) is 18.3 Å². The summed E-state index contributed by atoms with van der Waals surface area (Å²) in [6, 6.07) is 14.7. The molecule has 0 aromatic heterocycles. The van der Waals surface area contributed by atoms with Crippen LogP contribution < -0.4 is 10.1 Å². The van der Waals surface area contributed by atoms with Crippen molar-refractivity contribution < 1.29 is 9.13 Å². The lowest BCUT2D eigenvalue weighted by atomic mass is 10.2. The van der Waals surface area contributed by atoms with Gasteiger partial charge in [0, 0.05) is 10.1 Å². The van der Waals surface area contributed by atoms with Crippen molar-refractivity contribution in [3.63, 3.8) is 0 Å². The van der Waals surface area contributed by atoms with Gasteiger partial charge in [0.2, 0.25) is 0 Å². The average molecular weight is 317 g/mol. The smallest absolute Gasteiger partial charge is 0.123 e. The number of rotatable bonds is 5. The van der Waals surface area contributed by atoms with Crippen LogP contribution in [0.3, 0.4) is 0 Å². The van der Waals surface area contributed by atoms with Crippen molar-refractivity contribution in [1.82, 2.24) is 5.32 Å². The minimum absolute atomic E-state index is 0.227. The predicted octanol–water partition coefficient (Wildman–Crippen LogP) is 4.25. The highest BCUT2D eigenvalue weighted by molar-refractivity contribution is 8.00. The molecule has 1 aliphatic heterocycles. The summed E-state index contributed by atoms with van der Waals surface area (Å²) in [7, 11) is 0. The first-order valence-electron chi connectivity index (χ1n) is 7.64. The van der Waals surface area contributed by atoms with Crippen LogP contribution in [0.25, 0.3) is 0 Å². The van der Waals surface area contributed by atoms with E-state index in [2.05, 4.69) is 17.4 Å². The van der Waals surface area contributed by atoms with Gasteiger partial charge in [-0.25, -0.2) is 4.39 Å². The number of ether oxygens (including phenoxy) is 1. The van der Waals surface area contributed by atoms with Crippen LogP contribution in [0, 0.1) is 5.82 Å². The van der Waals surface area contributed by atoms with Crippen molar-refractivity contribution in [1.29, 1.82) is 0 Å². The van der Waals surface area contributed by atoms with Crippen molar-refractivity contribution in [3.8, 4) is 5.75 Å². The summed E-state index contributed by atoms with van der Waals surface area (Å²) in [5.41, 5.74) is 0.841. The standard InChI is InChI=1S/C18H20FNOS/c19-15-3-1-2-14(12-15)13-21-16-4-6-17(7-5-16)22-18-8-10-20-11-9-18/h1-7,12,18,20H,8-11,13H2. The molecular formula is C18H20FNOS. The SMILES string of the molecule is Fc1cccc(COc2ccc(SC3CCNCC3)cc2)c1. The van der Waals surface area contributed by atoms with E-state index in [0.717, 1.165) is 24.4 Å². The number of benzene rings is 2. The molecule has 0 radical (unpaired) electrons. The third-order valence-electron chi connectivity index (χ3n) is 3.71. The molecule has 3 rings (SSSR count). The summed E-state index contributed by atoms with van der Waals surface area (Å²) in [4.78, 5) is 1.28. The summed E-state index contributed by atoms with van der Waals surface area (Å²) in [5, 5.41) is 4.09. The van der Waals surface area contributed by atoms with E-state index in [0.29, 0.717) is 11.9 Å². The maximum atomic E-state index is 13.1. The van der Waals surface area contributed by atoms with Crippen LogP contribution in [0.4, 0.5) is 4.39 Å². The van der Waals surface area contributed by atoms with Crippen LogP contribution in [0.15, 0.2) is 53.4 Å². The van der Waals surface area contributed by atoms with E-state index in [1.54, 1.807) is 6.07 Å². The minimum atomic E-state index is -0.227. The first-order chi connectivity index (χ1) is 10.8. The fourth-order valence-corrected chi connectivity index (χ4v) is 3.66. The van der Waals surface area contributed by atoms with Crippen molar-refractivity contribution in [2.75, 3.05) is 13.1 Å². The Morgan fingerprint density at radius 1 is 1.09 bits per heavy atom. The maximum absolute atomic E-state index is 13.1. The van der Waals surface area contributed by atoms with Gasteiger partial charge in [-0.15, -0.1) is 11.8 Å². The minimum Gasteiger partial charge on any atom is -0.489 e. The first kappa shape index (κ1) is 15.4. The lowest BCUT2D eigenvalue weighted by molar-refractivity contribution is 0.305. The molecular weight excluding hydrogens is 297 g/mol. The molecule has 0 bridgehead atoms. The Morgan fingerprint density at radius 2 is 1.86 bits per heavy atom. The van der Waals surface area contributed by atoms with Gasteiger partial charge in [-0.2, -0.15) is 0 Å². The molecule has 0 aliphatic carbocycles. The third-order valence-corrected chi connectivity index (χ3v) is 5.06. The van der Waals surface area contributed by atoms with Gasteiger partial charge in [0.25, 0.3) is 0 Å². The van der Waals surface area contributed by atoms with Gasteiger partial charge in [0.15, 0.2) is 0 Å². The number of hydrogen-bond donors (Lipinski definition) is 1. The summed E-state index contributed by atoms with van der Waals surface area (Å²) in [5.74, 6) is 0.591. The average Bonchev–Trinajstić information content (AvgIpc) is 2.55. The zero-order valence-corrected chi connectivity index (χ0v) is 13.2. The lowest BCUT2D eigenvalue weighted by Gasteiger charge is -2.22. The normalized spacial score (nSPS) is 15.7. The van der Waals surface area contributed by atoms with Gasteiger partial charge in [-0.3, -0.25) is 0 Å². The largest absolute Gasteiger partial charge is 0.489 e. The Labute approximate surface area is 135 Å². The molecule has 2 nitrogen and oxygen atoms in total. The second kappa shape index (κ2) is 7.65. The molecule has 1 fully saturated rings. The molecule has 4 heteroatoms. The van der Waals surface area contributed by atoms with E-state index >= 15 is 0 Å². The van der Waals surface area contributed by atoms with E-state index in [1.807, 2.05) is 30.0 Å². The Bertz CT molecular complexity index is 596. The number of nitrogens with one attached hydrogen (secondary N) is 1. The highest BCUT2D eigenvalue weighted by Crippen LogP contribution is 2.30. The molecule has 1 heterocycles. The fraction of sp³-hybridized carbons (Fsp3) is 0.333. The molecule has 1 aliphatic rings. The third kappa shape index (κ3) is 4.49. The van der Waals surface area contributed by atoms with Crippen molar-refractivity contribution in [2.45, 2.75) is 29.6 Å². The fourth-order valence-electron chi connectivity index (χ4n) is 2.51. The van der Waals surface area contributed by atoms with Crippen LogP contribution in [0.2, 0.25) is 0 Å². The monoisotopic (exact) mass is 317 g/mol. The van der Waals surface area contributed by atoms with E-state index in [4.69, 9.17) is 4.74 Å². The molecule has 0 spiro atoms. The van der Waals surface area contributed by atoms with Crippen LogP contribution in [-0.2, 0) is 6.61 Å². The molecule has 0 amide bonds. The zero-order chi connectivity index (χ0) is 15.2. The maximum Gasteiger partial charge on any atom is 0.123 e. The zero-order valence-electron chi connectivity index (χ0n) is 12.4. The molecule has 2 aromatic carbocycles. The molecule has 0 unspecified atom stereocenters. The quantitative estimate of drug-likeness (QED) is 0.891. The second-order valence-corrected chi connectivity index (χ2v) is 6.83. The molecule has 2 aromatic rings. The van der Waals surface area contributed by atoms with Gasteiger partial charge in [0.05, 0.1) is 0 Å². The predicted molar refractivity (Wildman–Crippen MR) is 88.9 cm³/mol. The van der Waals surface area contributed by atoms with Gasteiger partial charge in [0.1, 0.15) is 18.2 Å². The second-order valence-electron chi connectivity index (χ2n) is 5.46. The summed E-state index contributed by atoms with van der Waals surface area (Å²) < 4.78 is 18.8. The Kier molecular flexibility index (Phi) is 5.35. The Balaban J connectivity index is 1.52. The van der Waals surface area contributed by atoms with Gasteiger partial charge in [-0.1, -0.05) is 12.1 Å². The van der Waals surface area contributed by atoms with Crippen molar-refractivity contribution in [2.24, 2.45) is 0 Å². The van der Waals surface area contributed by atoms with Crippen molar-refractivity contribution in [3.05, 3.63) is 59.9 Å². The van der Waals surface area contributed by atoms with Crippen LogP contribution >= 0.6 is 11.8 Å². The molecule has 1 saturated heterocycles. The molecule has 116 valence electrons. The van der Waals surface area contributed by atoms with Gasteiger partial charge in [-0.05, 0) is 67.9 Å². The molecule has 0 saturated carbocycles.